The fraction of sp³-hybridized carbons (Fsp3) is 0.242. The number of hydrogen-bond donors (Lipinski definition) is 3. The molecule has 13 heteroatoms. The third-order valence-corrected chi connectivity index (χ3v) is 8.03. The molecule has 11 nitrogen and oxygen atoms in total. The second kappa shape index (κ2) is 13.6. The van der Waals surface area contributed by atoms with Crippen LogP contribution in [-0.2, 0) is 31.4 Å². The first-order valence-corrected chi connectivity index (χ1v) is 14.9. The summed E-state index contributed by atoms with van der Waals surface area (Å²) in [5, 5.41) is 34.1. The molecule has 0 fully saturated rings. The molecular formula is C33H30ClFN6O5. The fourth-order valence-corrected chi connectivity index (χ4v) is 5.71. The molecule has 0 unspecified atom stereocenters. The van der Waals surface area contributed by atoms with Crippen molar-refractivity contribution in [1.29, 1.82) is 0 Å². The number of aromatic nitrogens is 5. The molecule has 5 aromatic rings. The van der Waals surface area contributed by atoms with Gasteiger partial charge in [0.05, 0.1) is 18.7 Å². The van der Waals surface area contributed by atoms with E-state index < -0.39 is 18.6 Å². The van der Waals surface area contributed by atoms with E-state index in [0.29, 0.717) is 51.9 Å². The van der Waals surface area contributed by atoms with E-state index >= 15 is 0 Å². The van der Waals surface area contributed by atoms with Crippen molar-refractivity contribution in [2.45, 2.75) is 38.1 Å². The minimum atomic E-state index is -1.19. The molecule has 0 aliphatic heterocycles. The summed E-state index contributed by atoms with van der Waals surface area (Å²) in [6, 6.07) is 16.5. The smallest absolute Gasteiger partial charge is 0.323 e. The summed E-state index contributed by atoms with van der Waals surface area (Å²) in [6.07, 6.45) is 4.32. The summed E-state index contributed by atoms with van der Waals surface area (Å²) < 4.78 is 27.4. The van der Waals surface area contributed by atoms with E-state index in [2.05, 4.69) is 25.7 Å². The average Bonchev–Trinajstić information content (AvgIpc) is 3.68. The van der Waals surface area contributed by atoms with E-state index in [1.807, 2.05) is 30.3 Å². The molecule has 1 aliphatic carbocycles. The highest BCUT2D eigenvalue weighted by molar-refractivity contribution is 6.32. The first-order valence-electron chi connectivity index (χ1n) is 14.5. The number of aryl methyl sites for hydroxylation is 1. The SMILES string of the molecule is Cn1nnc(-c2cncc(COc3cc(O[C@H]4CCc5c(-c6ccccc6F)cccc54)c(Cl)cc3CN[C@@H](CO)C(=O)O)c2)n1. The monoisotopic (exact) mass is 644 g/mol. The van der Waals surface area contributed by atoms with Crippen LogP contribution in [-0.4, -0.2) is 54.0 Å². The zero-order valence-electron chi connectivity index (χ0n) is 24.7. The molecule has 46 heavy (non-hydrogen) atoms. The second-order valence-electron chi connectivity index (χ2n) is 10.8. The molecule has 2 aromatic heterocycles. The van der Waals surface area contributed by atoms with Crippen LogP contribution in [0.2, 0.25) is 5.02 Å². The molecule has 236 valence electrons. The Morgan fingerprint density at radius 1 is 1.13 bits per heavy atom. The average molecular weight is 645 g/mol. The Balaban J connectivity index is 1.27. The predicted octanol–water partition coefficient (Wildman–Crippen LogP) is 4.91. The number of aliphatic hydroxyl groups excluding tert-OH is 1. The van der Waals surface area contributed by atoms with Crippen LogP contribution in [0.5, 0.6) is 11.5 Å². The molecule has 3 aromatic carbocycles. The fourth-order valence-electron chi connectivity index (χ4n) is 5.48. The lowest BCUT2D eigenvalue weighted by Gasteiger charge is -2.20. The molecule has 0 saturated carbocycles. The van der Waals surface area contributed by atoms with Crippen LogP contribution in [0.25, 0.3) is 22.5 Å². The Morgan fingerprint density at radius 2 is 1.96 bits per heavy atom. The molecule has 6 rings (SSSR count). The van der Waals surface area contributed by atoms with Gasteiger partial charge in [-0.3, -0.25) is 15.1 Å². The summed E-state index contributed by atoms with van der Waals surface area (Å²) >= 11 is 6.72. The summed E-state index contributed by atoms with van der Waals surface area (Å²) in [6.45, 7) is -0.436. The van der Waals surface area contributed by atoms with Crippen LogP contribution in [0.1, 0.15) is 34.8 Å². The van der Waals surface area contributed by atoms with Crippen LogP contribution in [0, 0.1) is 5.82 Å². The number of aliphatic hydroxyl groups is 1. The molecule has 0 spiro atoms. The number of hydrogen-bond acceptors (Lipinski definition) is 9. The number of tetrazole rings is 1. The quantitative estimate of drug-likeness (QED) is 0.171. The number of benzene rings is 3. The number of fused-ring (bicyclic) bond motifs is 1. The molecule has 1 aliphatic rings. The minimum absolute atomic E-state index is 0.0485. The molecule has 0 bridgehead atoms. The maximum absolute atomic E-state index is 14.7. The number of carboxylic acids is 1. The van der Waals surface area contributed by atoms with Gasteiger partial charge in [-0.15, -0.1) is 10.2 Å². The number of nitrogens with one attached hydrogen (secondary N) is 1. The number of nitrogens with zero attached hydrogens (tertiary/aromatic N) is 5. The van der Waals surface area contributed by atoms with Gasteiger partial charge in [-0.05, 0) is 52.9 Å². The van der Waals surface area contributed by atoms with Crippen LogP contribution < -0.4 is 14.8 Å². The van der Waals surface area contributed by atoms with Crippen molar-refractivity contribution in [3.8, 4) is 34.0 Å². The minimum Gasteiger partial charge on any atom is -0.488 e. The lowest BCUT2D eigenvalue weighted by atomic mass is 9.96. The molecule has 0 amide bonds. The molecular weight excluding hydrogens is 615 g/mol. The number of carbonyl (C=O) groups is 1. The number of carboxylic acid groups (broad SMARTS) is 1. The van der Waals surface area contributed by atoms with Crippen LogP contribution in [0.3, 0.4) is 0 Å². The first-order chi connectivity index (χ1) is 22.3. The highest BCUT2D eigenvalue weighted by Crippen LogP contribution is 2.43. The molecule has 0 saturated heterocycles. The molecule has 2 heterocycles. The van der Waals surface area contributed by atoms with E-state index in [1.165, 1.54) is 10.9 Å². The van der Waals surface area contributed by atoms with Gasteiger partial charge in [0.25, 0.3) is 0 Å². The van der Waals surface area contributed by atoms with Crippen molar-refractivity contribution in [3.63, 3.8) is 0 Å². The van der Waals surface area contributed by atoms with E-state index in [1.54, 1.807) is 43.7 Å². The van der Waals surface area contributed by atoms with Gasteiger partial charge in [-0.2, -0.15) is 4.80 Å². The number of ether oxygens (including phenoxy) is 2. The Morgan fingerprint density at radius 3 is 2.72 bits per heavy atom. The largest absolute Gasteiger partial charge is 0.488 e. The van der Waals surface area contributed by atoms with Crippen molar-refractivity contribution in [2.75, 3.05) is 6.61 Å². The molecule has 0 radical (unpaired) electrons. The zero-order chi connectivity index (χ0) is 32.2. The number of aliphatic carboxylic acids is 1. The van der Waals surface area contributed by atoms with E-state index in [9.17, 15) is 19.4 Å². The van der Waals surface area contributed by atoms with Gasteiger partial charge in [0.2, 0.25) is 5.82 Å². The van der Waals surface area contributed by atoms with Crippen molar-refractivity contribution in [2.24, 2.45) is 7.05 Å². The lowest BCUT2D eigenvalue weighted by Crippen LogP contribution is -2.39. The third kappa shape index (κ3) is 6.69. The van der Waals surface area contributed by atoms with E-state index in [4.69, 9.17) is 21.1 Å². The van der Waals surface area contributed by atoms with Gasteiger partial charge in [0.15, 0.2) is 0 Å². The summed E-state index contributed by atoms with van der Waals surface area (Å²) in [7, 11) is 1.67. The van der Waals surface area contributed by atoms with Gasteiger partial charge in [-0.25, -0.2) is 4.39 Å². The summed E-state index contributed by atoms with van der Waals surface area (Å²) in [5.74, 6) is -0.277. The number of rotatable bonds is 12. The van der Waals surface area contributed by atoms with Crippen molar-refractivity contribution in [1.82, 2.24) is 30.5 Å². The van der Waals surface area contributed by atoms with Gasteiger partial charge >= 0.3 is 5.97 Å². The highest BCUT2D eigenvalue weighted by atomic mass is 35.5. The van der Waals surface area contributed by atoms with Crippen molar-refractivity contribution in [3.05, 3.63) is 106 Å². The van der Waals surface area contributed by atoms with Crippen molar-refractivity contribution < 1.29 is 28.9 Å². The topological polar surface area (TPSA) is 145 Å². The molecule has 2 atom stereocenters. The summed E-state index contributed by atoms with van der Waals surface area (Å²) in [5.41, 5.74) is 5.32. The normalized spacial score (nSPS) is 14.6. The zero-order valence-corrected chi connectivity index (χ0v) is 25.5. The Labute approximate surface area is 268 Å². The van der Waals surface area contributed by atoms with Crippen molar-refractivity contribution >= 4 is 17.6 Å². The molecule has 3 N–H and O–H groups in total. The lowest BCUT2D eigenvalue weighted by molar-refractivity contribution is -0.140. The highest BCUT2D eigenvalue weighted by Gasteiger charge is 2.28. The number of pyridine rings is 1. The van der Waals surface area contributed by atoms with E-state index in [0.717, 1.165) is 22.3 Å². The second-order valence-corrected chi connectivity index (χ2v) is 11.2. The maximum Gasteiger partial charge on any atom is 0.323 e. The van der Waals surface area contributed by atoms with Gasteiger partial charge in [-0.1, -0.05) is 48.0 Å². The Bertz CT molecular complexity index is 1890. The number of halogens is 2. The predicted molar refractivity (Wildman–Crippen MR) is 167 cm³/mol. The van der Waals surface area contributed by atoms with Gasteiger partial charge < -0.3 is 19.7 Å². The third-order valence-electron chi connectivity index (χ3n) is 7.74. The van der Waals surface area contributed by atoms with Gasteiger partial charge in [0, 0.05) is 47.3 Å². The Hall–Kier alpha value is -4.91. The standard InChI is InChI=1S/C33H30ClFN6O5/c1-41-39-32(38-40-41)21-11-19(14-36-15-21)18-45-30-13-31(26(34)12-20(30)16-37-28(17-42)33(43)44)46-29-10-9-23-22(6-4-7-25(23)29)24-5-2-3-8-27(24)35/h2-8,11-15,28-29,37,42H,9-10,16-18H2,1H3,(H,43,44)/t28-,29-/m0/s1. The van der Waals surface area contributed by atoms with E-state index in [-0.39, 0.29) is 25.1 Å². The van der Waals surface area contributed by atoms with Crippen LogP contribution >= 0.6 is 11.6 Å². The van der Waals surface area contributed by atoms with Crippen LogP contribution in [0.4, 0.5) is 4.39 Å². The summed E-state index contributed by atoms with van der Waals surface area (Å²) in [4.78, 5) is 17.1. The van der Waals surface area contributed by atoms with Crippen LogP contribution in [0.15, 0.2) is 73.1 Å². The maximum atomic E-state index is 14.7. The Kier molecular flexibility index (Phi) is 9.20. The van der Waals surface area contributed by atoms with Gasteiger partial charge in [0.1, 0.15) is 36.1 Å². The first kappa shape index (κ1) is 31.1.